The quantitative estimate of drug-likeness (QED) is 0.548. The van der Waals surface area contributed by atoms with Gasteiger partial charge in [-0.1, -0.05) is 6.07 Å². The molecule has 21 heavy (non-hydrogen) atoms. The van der Waals surface area contributed by atoms with Crippen molar-refractivity contribution in [2.24, 2.45) is 7.05 Å². The van der Waals surface area contributed by atoms with Crippen molar-refractivity contribution in [2.45, 2.75) is 0 Å². The Hall–Kier alpha value is -2.60. The molecule has 3 aromatic rings. The molecule has 3 aromatic heterocycles. The van der Waals surface area contributed by atoms with Gasteiger partial charge in [-0.15, -0.1) is 11.3 Å². The van der Waals surface area contributed by atoms with Crippen LogP contribution in [0, 0.1) is 0 Å². The third kappa shape index (κ3) is 3.11. The van der Waals surface area contributed by atoms with E-state index < -0.39 is 0 Å². The van der Waals surface area contributed by atoms with Crippen LogP contribution in [0.25, 0.3) is 16.8 Å². The van der Waals surface area contributed by atoms with Crippen LogP contribution in [-0.4, -0.2) is 25.5 Å². The summed E-state index contributed by atoms with van der Waals surface area (Å²) in [6.07, 6.45) is 8.19. The Morgan fingerprint density at radius 1 is 1.38 bits per heavy atom. The topological polar surface area (TPSA) is 60.7 Å². The molecule has 0 amide bonds. The lowest BCUT2D eigenvalue weighted by atomic mass is 10.2. The Labute approximate surface area is 125 Å². The fourth-order valence-corrected chi connectivity index (χ4v) is 2.54. The first-order valence-corrected chi connectivity index (χ1v) is 7.18. The second-order valence-electron chi connectivity index (χ2n) is 4.39. The summed E-state index contributed by atoms with van der Waals surface area (Å²) < 4.78 is 1.60. The Bertz CT molecular complexity index is 789. The highest BCUT2D eigenvalue weighted by molar-refractivity contribution is 7.13. The number of thiazole rings is 1. The van der Waals surface area contributed by atoms with Crippen LogP contribution in [0.3, 0.4) is 0 Å². The van der Waals surface area contributed by atoms with E-state index in [0.717, 1.165) is 16.4 Å². The highest BCUT2D eigenvalue weighted by Gasteiger charge is 2.06. The molecule has 0 aliphatic carbocycles. The number of pyridine rings is 1. The molecule has 0 aliphatic rings. The average Bonchev–Trinajstić information content (AvgIpc) is 3.15. The Balaban J connectivity index is 1.75. The molecule has 0 saturated heterocycles. The Kier molecular flexibility index (Phi) is 3.70. The molecule has 104 valence electrons. The summed E-state index contributed by atoms with van der Waals surface area (Å²) >= 11 is 1.50. The maximum Gasteiger partial charge on any atom is 0.189 e. The minimum atomic E-state index is -0.0875. The summed E-state index contributed by atoms with van der Waals surface area (Å²) in [7, 11) is 1.78. The van der Waals surface area contributed by atoms with Gasteiger partial charge in [-0.05, 0) is 24.3 Å². The van der Waals surface area contributed by atoms with Crippen LogP contribution in [-0.2, 0) is 7.05 Å². The zero-order chi connectivity index (χ0) is 14.7. The average molecular weight is 296 g/mol. The van der Waals surface area contributed by atoms with Crippen molar-refractivity contribution in [3.63, 3.8) is 0 Å². The molecule has 5 nitrogen and oxygen atoms in total. The highest BCUT2D eigenvalue weighted by Crippen LogP contribution is 2.21. The van der Waals surface area contributed by atoms with Crippen molar-refractivity contribution in [1.29, 1.82) is 0 Å². The van der Waals surface area contributed by atoms with Gasteiger partial charge < -0.3 is 0 Å². The molecule has 6 heteroatoms. The van der Waals surface area contributed by atoms with E-state index in [1.165, 1.54) is 17.4 Å². The van der Waals surface area contributed by atoms with Gasteiger partial charge in [-0.2, -0.15) is 5.10 Å². The second kappa shape index (κ2) is 5.80. The predicted molar refractivity (Wildman–Crippen MR) is 81.9 cm³/mol. The second-order valence-corrected chi connectivity index (χ2v) is 5.25. The Morgan fingerprint density at radius 3 is 3.00 bits per heavy atom. The van der Waals surface area contributed by atoms with Crippen molar-refractivity contribution in [2.75, 3.05) is 0 Å². The number of hydrogen-bond acceptors (Lipinski definition) is 5. The molecule has 0 aromatic carbocycles. The van der Waals surface area contributed by atoms with Crippen molar-refractivity contribution in [3.05, 3.63) is 59.5 Å². The number of carbonyl (C=O) groups is 1. The normalized spacial score (nSPS) is 11.1. The number of carbonyl (C=O) groups excluding carboxylic acids is 1. The monoisotopic (exact) mass is 296 g/mol. The maximum absolute atomic E-state index is 11.9. The number of nitrogens with zero attached hydrogens (tertiary/aromatic N) is 4. The molecule has 0 radical (unpaired) electrons. The Morgan fingerprint density at radius 2 is 2.29 bits per heavy atom. The number of allylic oxidation sites excluding steroid dienone is 1. The first-order valence-electron chi connectivity index (χ1n) is 6.30. The lowest BCUT2D eigenvalue weighted by Gasteiger charge is -1.92. The van der Waals surface area contributed by atoms with Crippen LogP contribution in [0.1, 0.15) is 16.1 Å². The molecule has 0 atom stereocenters. The molecule has 0 aliphatic heterocycles. The summed E-state index contributed by atoms with van der Waals surface area (Å²) in [5.41, 5.74) is 2.15. The molecular weight excluding hydrogens is 284 g/mol. The van der Waals surface area contributed by atoms with Crippen molar-refractivity contribution in [1.82, 2.24) is 19.7 Å². The summed E-state index contributed by atoms with van der Waals surface area (Å²) in [6, 6.07) is 5.70. The van der Waals surface area contributed by atoms with E-state index in [-0.39, 0.29) is 5.78 Å². The zero-order valence-electron chi connectivity index (χ0n) is 11.3. The van der Waals surface area contributed by atoms with Crippen LogP contribution in [0.4, 0.5) is 0 Å². The molecule has 3 rings (SSSR count). The van der Waals surface area contributed by atoms with E-state index in [0.29, 0.717) is 5.56 Å². The third-order valence-corrected chi connectivity index (χ3v) is 3.68. The van der Waals surface area contributed by atoms with Gasteiger partial charge in [0.1, 0.15) is 5.01 Å². The van der Waals surface area contributed by atoms with Crippen molar-refractivity contribution in [3.8, 4) is 10.7 Å². The van der Waals surface area contributed by atoms with Gasteiger partial charge in [0, 0.05) is 24.8 Å². The van der Waals surface area contributed by atoms with E-state index in [1.54, 1.807) is 36.4 Å². The number of ketones is 1. The fraction of sp³-hybridized carbons (Fsp3) is 0.0667. The van der Waals surface area contributed by atoms with E-state index >= 15 is 0 Å². The van der Waals surface area contributed by atoms with Gasteiger partial charge in [0.15, 0.2) is 5.78 Å². The van der Waals surface area contributed by atoms with Gasteiger partial charge in [0.05, 0.1) is 23.1 Å². The summed E-state index contributed by atoms with van der Waals surface area (Å²) in [4.78, 5) is 20.6. The smallest absolute Gasteiger partial charge is 0.189 e. The van der Waals surface area contributed by atoms with Crippen molar-refractivity contribution >= 4 is 23.2 Å². The van der Waals surface area contributed by atoms with Gasteiger partial charge in [-0.3, -0.25) is 14.5 Å². The van der Waals surface area contributed by atoms with Gasteiger partial charge in [0.25, 0.3) is 0 Å². The predicted octanol–water partition coefficient (Wildman–Crippen LogP) is 2.83. The number of rotatable bonds is 4. The molecule has 0 fully saturated rings. The molecule has 3 heterocycles. The van der Waals surface area contributed by atoms with Gasteiger partial charge >= 0.3 is 0 Å². The minimum absolute atomic E-state index is 0.0875. The lowest BCUT2D eigenvalue weighted by Crippen LogP contribution is -1.91. The van der Waals surface area contributed by atoms with Crippen molar-refractivity contribution < 1.29 is 4.79 Å². The van der Waals surface area contributed by atoms with E-state index in [4.69, 9.17) is 0 Å². The number of aryl methyl sites for hydroxylation is 1. The molecule has 0 spiro atoms. The first-order chi connectivity index (χ1) is 10.2. The summed E-state index contributed by atoms with van der Waals surface area (Å²) in [5.74, 6) is -0.0875. The largest absolute Gasteiger partial charge is 0.289 e. The number of aromatic nitrogens is 4. The standard InChI is InChI=1S/C15H12N4OS/c1-19-9-11(8-17-19)14(20)6-5-12-10-21-15(18-12)13-4-2-3-7-16-13/h2-10H,1H3/b6-5-. The summed E-state index contributed by atoms with van der Waals surface area (Å²) in [5, 5.41) is 6.71. The van der Waals surface area contributed by atoms with Gasteiger partial charge in [0.2, 0.25) is 0 Å². The summed E-state index contributed by atoms with van der Waals surface area (Å²) in [6.45, 7) is 0. The SMILES string of the molecule is Cn1cc(C(=O)/C=C\c2csc(-c3ccccn3)n2)cn1. The molecular formula is C15H12N4OS. The highest BCUT2D eigenvalue weighted by atomic mass is 32.1. The van der Waals surface area contributed by atoms with E-state index in [9.17, 15) is 4.79 Å². The minimum Gasteiger partial charge on any atom is -0.289 e. The number of hydrogen-bond donors (Lipinski definition) is 0. The van der Waals surface area contributed by atoms with E-state index in [1.807, 2.05) is 23.6 Å². The van der Waals surface area contributed by atoms with Gasteiger partial charge in [-0.25, -0.2) is 4.98 Å². The maximum atomic E-state index is 11.9. The molecule has 0 bridgehead atoms. The van der Waals surface area contributed by atoms with E-state index in [2.05, 4.69) is 15.1 Å². The van der Waals surface area contributed by atoms with Crippen LogP contribution < -0.4 is 0 Å². The van der Waals surface area contributed by atoms with Crippen LogP contribution >= 0.6 is 11.3 Å². The molecule has 0 unspecified atom stereocenters. The fourth-order valence-electron chi connectivity index (χ4n) is 1.78. The molecule has 0 N–H and O–H groups in total. The lowest BCUT2D eigenvalue weighted by molar-refractivity contribution is 0.104. The third-order valence-electron chi connectivity index (χ3n) is 2.80. The van der Waals surface area contributed by atoms with Crippen LogP contribution in [0.15, 0.2) is 48.2 Å². The zero-order valence-corrected chi connectivity index (χ0v) is 12.1. The molecule has 0 saturated carbocycles. The van der Waals surface area contributed by atoms with Crippen LogP contribution in [0.5, 0.6) is 0 Å². The van der Waals surface area contributed by atoms with Crippen LogP contribution in [0.2, 0.25) is 0 Å². The first kappa shape index (κ1) is 13.4.